The molecule has 1 atom stereocenters. The van der Waals surface area contributed by atoms with Crippen LogP contribution in [-0.2, 0) is 14.3 Å². The van der Waals surface area contributed by atoms with Crippen LogP contribution in [0.1, 0.15) is 30.1 Å². The average Bonchev–Trinajstić information content (AvgIpc) is 3.40. The third-order valence-electron chi connectivity index (χ3n) is 5.36. The van der Waals surface area contributed by atoms with Crippen molar-refractivity contribution in [1.82, 2.24) is 9.80 Å². The molecular weight excluding hydrogens is 430 g/mol. The third-order valence-corrected chi connectivity index (χ3v) is 6.26. The van der Waals surface area contributed by atoms with E-state index in [1.807, 2.05) is 34.5 Å². The van der Waals surface area contributed by atoms with E-state index in [-0.39, 0.29) is 31.0 Å². The lowest BCUT2D eigenvalue weighted by molar-refractivity contribution is -0.133. The lowest BCUT2D eigenvalue weighted by atomic mass is 10.0. The lowest BCUT2D eigenvalue weighted by Crippen LogP contribution is -2.45. The first-order valence-electron chi connectivity index (χ1n) is 10.5. The largest absolute Gasteiger partial charge is 0.497 e. The van der Waals surface area contributed by atoms with Crippen molar-refractivity contribution in [2.75, 3.05) is 46.2 Å². The maximum absolute atomic E-state index is 12.8. The molecule has 1 unspecified atom stereocenters. The summed E-state index contributed by atoms with van der Waals surface area (Å²) in [5.74, 6) is -0.0445. The summed E-state index contributed by atoms with van der Waals surface area (Å²) in [6.45, 7) is 2.74. The summed E-state index contributed by atoms with van der Waals surface area (Å²) < 4.78 is 10.5. The molecule has 1 aromatic carbocycles. The van der Waals surface area contributed by atoms with Crippen LogP contribution < -0.4 is 10.1 Å². The number of thiophene rings is 1. The van der Waals surface area contributed by atoms with E-state index < -0.39 is 5.97 Å². The van der Waals surface area contributed by atoms with Gasteiger partial charge in [0.2, 0.25) is 11.8 Å². The van der Waals surface area contributed by atoms with Gasteiger partial charge in [0.1, 0.15) is 16.3 Å². The first-order valence-corrected chi connectivity index (χ1v) is 11.4. The number of rotatable bonds is 8. The molecule has 8 nitrogen and oxygen atoms in total. The Morgan fingerprint density at radius 1 is 1.22 bits per heavy atom. The van der Waals surface area contributed by atoms with Crippen LogP contribution in [0.25, 0.3) is 11.1 Å². The van der Waals surface area contributed by atoms with E-state index in [9.17, 15) is 14.4 Å². The van der Waals surface area contributed by atoms with Gasteiger partial charge in [0.25, 0.3) is 0 Å². The number of hydrogen-bond acceptors (Lipinski definition) is 7. The highest BCUT2D eigenvalue weighted by Gasteiger charge is 2.33. The van der Waals surface area contributed by atoms with Crippen LogP contribution in [0.4, 0.5) is 5.00 Å². The van der Waals surface area contributed by atoms with Gasteiger partial charge in [-0.25, -0.2) is 4.79 Å². The summed E-state index contributed by atoms with van der Waals surface area (Å²) >= 11 is 1.28. The van der Waals surface area contributed by atoms with Crippen LogP contribution in [0, 0.1) is 0 Å². The van der Waals surface area contributed by atoms with Gasteiger partial charge in [0, 0.05) is 25.0 Å². The standard InChI is InChI=1S/C23H29N3O5S/c1-5-31-23(29)20-17(15-8-10-16(30-4)11-9-15)14-32-21(20)24-19(27)13-26-12-6-7-18(26)22(28)25(2)3/h8-11,14,18H,5-7,12-13H2,1-4H3,(H,24,27). The second-order valence-electron chi connectivity index (χ2n) is 7.71. The van der Waals surface area contributed by atoms with E-state index in [1.165, 1.54) is 11.3 Å². The number of esters is 1. The fraction of sp³-hybridized carbons (Fsp3) is 0.435. The maximum Gasteiger partial charge on any atom is 0.341 e. The lowest BCUT2D eigenvalue weighted by Gasteiger charge is -2.25. The van der Waals surface area contributed by atoms with Crippen molar-refractivity contribution in [3.05, 3.63) is 35.2 Å². The number of methoxy groups -OCH3 is 1. The van der Waals surface area contributed by atoms with Gasteiger partial charge in [-0.1, -0.05) is 12.1 Å². The molecule has 0 radical (unpaired) electrons. The molecule has 9 heteroatoms. The van der Waals surface area contributed by atoms with Crippen molar-refractivity contribution in [2.45, 2.75) is 25.8 Å². The van der Waals surface area contributed by atoms with Crippen molar-refractivity contribution in [1.29, 1.82) is 0 Å². The van der Waals surface area contributed by atoms with Crippen LogP contribution in [0.2, 0.25) is 0 Å². The number of nitrogens with zero attached hydrogens (tertiary/aromatic N) is 2. The minimum Gasteiger partial charge on any atom is -0.497 e. The summed E-state index contributed by atoms with van der Waals surface area (Å²) in [5.41, 5.74) is 1.84. The summed E-state index contributed by atoms with van der Waals surface area (Å²) in [5, 5.41) is 5.14. The second-order valence-corrected chi connectivity index (χ2v) is 8.59. The Labute approximate surface area is 192 Å². The normalized spacial score (nSPS) is 15.9. The Balaban J connectivity index is 1.81. The van der Waals surface area contributed by atoms with Gasteiger partial charge in [0.15, 0.2) is 0 Å². The number of nitrogens with one attached hydrogen (secondary N) is 1. The predicted octanol–water partition coefficient (Wildman–Crippen LogP) is 3.09. The SMILES string of the molecule is CCOC(=O)c1c(-c2ccc(OC)cc2)csc1NC(=O)CN1CCCC1C(=O)N(C)C. The monoisotopic (exact) mass is 459 g/mol. The Morgan fingerprint density at radius 2 is 1.94 bits per heavy atom. The van der Waals surface area contributed by atoms with E-state index in [1.54, 1.807) is 33.0 Å². The summed E-state index contributed by atoms with van der Waals surface area (Å²) in [6, 6.07) is 7.05. The van der Waals surface area contributed by atoms with Gasteiger partial charge < -0.3 is 19.7 Å². The molecule has 1 aromatic heterocycles. The molecule has 1 aliphatic heterocycles. The third kappa shape index (κ3) is 5.28. The minimum atomic E-state index is -0.489. The number of amides is 2. The smallest absolute Gasteiger partial charge is 0.341 e. The molecule has 0 spiro atoms. The predicted molar refractivity (Wildman–Crippen MR) is 124 cm³/mol. The number of likely N-dealkylation sites (tertiary alicyclic amines) is 1. The highest BCUT2D eigenvalue weighted by molar-refractivity contribution is 7.15. The molecule has 1 fully saturated rings. The average molecular weight is 460 g/mol. The first kappa shape index (κ1) is 23.7. The quantitative estimate of drug-likeness (QED) is 0.611. The van der Waals surface area contributed by atoms with Gasteiger partial charge in [-0.05, 0) is 44.0 Å². The number of hydrogen-bond donors (Lipinski definition) is 1. The van der Waals surface area contributed by atoms with E-state index in [0.29, 0.717) is 28.4 Å². The van der Waals surface area contributed by atoms with Gasteiger partial charge in [-0.3, -0.25) is 14.5 Å². The zero-order valence-corrected chi connectivity index (χ0v) is 19.7. The Morgan fingerprint density at radius 3 is 2.56 bits per heavy atom. The fourth-order valence-electron chi connectivity index (χ4n) is 3.78. The van der Waals surface area contributed by atoms with Gasteiger partial charge >= 0.3 is 5.97 Å². The van der Waals surface area contributed by atoms with E-state index in [2.05, 4.69) is 5.32 Å². The zero-order chi connectivity index (χ0) is 23.3. The summed E-state index contributed by atoms with van der Waals surface area (Å²) in [6.07, 6.45) is 1.60. The molecule has 0 saturated carbocycles. The molecular formula is C23H29N3O5S. The molecule has 2 heterocycles. The van der Waals surface area contributed by atoms with Crippen LogP contribution in [0.15, 0.2) is 29.6 Å². The number of carbonyl (C=O) groups is 3. The second kappa shape index (κ2) is 10.6. The highest BCUT2D eigenvalue weighted by Crippen LogP contribution is 2.37. The van der Waals surface area contributed by atoms with Crippen LogP contribution >= 0.6 is 11.3 Å². The number of anilines is 1. The number of benzene rings is 1. The van der Waals surface area contributed by atoms with Gasteiger partial charge in [-0.15, -0.1) is 11.3 Å². The molecule has 1 saturated heterocycles. The molecule has 0 aliphatic carbocycles. The Kier molecular flexibility index (Phi) is 7.87. The first-order chi connectivity index (χ1) is 15.3. The fourth-order valence-corrected chi connectivity index (χ4v) is 4.76. The Hall–Kier alpha value is -2.91. The molecule has 32 heavy (non-hydrogen) atoms. The van der Waals surface area contributed by atoms with Crippen molar-refractivity contribution < 1.29 is 23.9 Å². The van der Waals surface area contributed by atoms with Crippen molar-refractivity contribution in [3.63, 3.8) is 0 Å². The van der Waals surface area contributed by atoms with Crippen LogP contribution in [-0.4, -0.2) is 74.5 Å². The molecule has 2 amide bonds. The topological polar surface area (TPSA) is 88.2 Å². The molecule has 0 bridgehead atoms. The Bertz CT molecular complexity index is 971. The summed E-state index contributed by atoms with van der Waals surface area (Å²) in [4.78, 5) is 41.4. The zero-order valence-electron chi connectivity index (χ0n) is 18.8. The molecule has 3 rings (SSSR count). The van der Waals surface area contributed by atoms with Gasteiger partial charge in [0.05, 0.1) is 26.3 Å². The van der Waals surface area contributed by atoms with E-state index in [0.717, 1.165) is 18.4 Å². The number of carbonyl (C=O) groups excluding carboxylic acids is 3. The van der Waals surface area contributed by atoms with E-state index in [4.69, 9.17) is 9.47 Å². The van der Waals surface area contributed by atoms with Crippen molar-refractivity contribution >= 4 is 34.1 Å². The number of ether oxygens (including phenoxy) is 2. The minimum absolute atomic E-state index is 0.000396. The highest BCUT2D eigenvalue weighted by atomic mass is 32.1. The molecule has 172 valence electrons. The molecule has 2 aromatic rings. The van der Waals surface area contributed by atoms with Crippen molar-refractivity contribution in [3.8, 4) is 16.9 Å². The molecule has 1 aliphatic rings. The van der Waals surface area contributed by atoms with Crippen LogP contribution in [0.5, 0.6) is 5.75 Å². The van der Waals surface area contributed by atoms with Crippen LogP contribution in [0.3, 0.4) is 0 Å². The van der Waals surface area contributed by atoms with E-state index >= 15 is 0 Å². The summed E-state index contributed by atoms with van der Waals surface area (Å²) in [7, 11) is 5.03. The number of likely N-dealkylation sites (N-methyl/N-ethyl adjacent to an activating group) is 1. The van der Waals surface area contributed by atoms with Gasteiger partial charge in [-0.2, -0.15) is 0 Å². The van der Waals surface area contributed by atoms with Crippen molar-refractivity contribution in [2.24, 2.45) is 0 Å². The molecule has 1 N–H and O–H groups in total. The maximum atomic E-state index is 12.8.